The second-order valence-electron chi connectivity index (χ2n) is 5.79. The van der Waals surface area contributed by atoms with E-state index in [1.807, 2.05) is 6.92 Å². The van der Waals surface area contributed by atoms with Crippen molar-refractivity contribution >= 4 is 17.8 Å². The normalized spacial score (nSPS) is 19.6. The summed E-state index contributed by atoms with van der Waals surface area (Å²) in [6, 6.07) is 0. The van der Waals surface area contributed by atoms with Gasteiger partial charge >= 0.3 is 0 Å². The first-order valence-corrected chi connectivity index (χ1v) is 7.93. The minimum Gasteiger partial charge on any atom is -0.391 e. The summed E-state index contributed by atoms with van der Waals surface area (Å²) < 4.78 is 0. The summed E-state index contributed by atoms with van der Waals surface area (Å²) in [5.74, 6) is 2.31. The minimum atomic E-state index is -0.306. The van der Waals surface area contributed by atoms with Gasteiger partial charge in [-0.25, -0.2) is 0 Å². The van der Waals surface area contributed by atoms with Crippen molar-refractivity contribution in [2.75, 3.05) is 41.7 Å². The molecule has 7 heteroatoms. The average molecular weight is 292 g/mol. The standard InChI is InChI=1S/C14H24N6O/c1-2-15-12-17-13(16-9-11(21)10-5-6-10)19-14(18-12)20-7-3-4-8-20/h10-11,21H,2-9H2,1H3,(H2,15,16,17,18,19). The first kappa shape index (κ1) is 14.3. The Bertz CT molecular complexity index is 473. The molecular formula is C14H24N6O. The fourth-order valence-corrected chi connectivity index (χ4v) is 2.58. The molecule has 7 nitrogen and oxygen atoms in total. The van der Waals surface area contributed by atoms with Crippen LogP contribution >= 0.6 is 0 Å². The molecule has 0 spiro atoms. The number of aliphatic hydroxyl groups excluding tert-OH is 1. The van der Waals surface area contributed by atoms with Crippen LogP contribution in [0.3, 0.4) is 0 Å². The average Bonchev–Trinajstić information content (AvgIpc) is 3.19. The van der Waals surface area contributed by atoms with Crippen LogP contribution in [0.4, 0.5) is 17.8 Å². The van der Waals surface area contributed by atoms with E-state index >= 15 is 0 Å². The number of nitrogens with one attached hydrogen (secondary N) is 2. The Kier molecular flexibility index (Phi) is 4.38. The van der Waals surface area contributed by atoms with Crippen molar-refractivity contribution in [3.8, 4) is 0 Å². The number of hydrogen-bond donors (Lipinski definition) is 3. The molecule has 1 saturated carbocycles. The summed E-state index contributed by atoms with van der Waals surface area (Å²) in [7, 11) is 0. The lowest BCUT2D eigenvalue weighted by atomic mass is 10.2. The van der Waals surface area contributed by atoms with Crippen LogP contribution in [0.25, 0.3) is 0 Å². The molecule has 3 rings (SSSR count). The number of hydrogen-bond acceptors (Lipinski definition) is 7. The molecule has 1 saturated heterocycles. The van der Waals surface area contributed by atoms with Crippen molar-refractivity contribution in [2.45, 2.75) is 38.7 Å². The van der Waals surface area contributed by atoms with Crippen LogP contribution in [0.2, 0.25) is 0 Å². The summed E-state index contributed by atoms with van der Waals surface area (Å²) in [6.45, 7) is 5.29. The third-order valence-electron chi connectivity index (χ3n) is 3.98. The van der Waals surface area contributed by atoms with Crippen molar-refractivity contribution in [1.82, 2.24) is 15.0 Å². The Morgan fingerprint density at radius 3 is 2.43 bits per heavy atom. The Morgan fingerprint density at radius 2 is 1.81 bits per heavy atom. The molecule has 2 heterocycles. The third kappa shape index (κ3) is 3.72. The lowest BCUT2D eigenvalue weighted by Crippen LogP contribution is -2.25. The van der Waals surface area contributed by atoms with E-state index in [9.17, 15) is 5.11 Å². The maximum atomic E-state index is 9.94. The van der Waals surface area contributed by atoms with Gasteiger partial charge in [0.15, 0.2) is 0 Å². The van der Waals surface area contributed by atoms with Gasteiger partial charge in [0, 0.05) is 26.2 Å². The van der Waals surface area contributed by atoms with Crippen molar-refractivity contribution in [2.24, 2.45) is 5.92 Å². The maximum Gasteiger partial charge on any atom is 0.231 e. The smallest absolute Gasteiger partial charge is 0.231 e. The first-order valence-electron chi connectivity index (χ1n) is 7.93. The number of nitrogens with zero attached hydrogens (tertiary/aromatic N) is 4. The van der Waals surface area contributed by atoms with Crippen LogP contribution in [-0.4, -0.2) is 52.3 Å². The summed E-state index contributed by atoms with van der Waals surface area (Å²) in [6.07, 6.45) is 4.32. The predicted octanol–water partition coefficient (Wildman–Crippen LogP) is 1.09. The highest BCUT2D eigenvalue weighted by Gasteiger charge is 2.29. The van der Waals surface area contributed by atoms with Crippen molar-refractivity contribution in [1.29, 1.82) is 0 Å². The second-order valence-corrected chi connectivity index (χ2v) is 5.79. The van der Waals surface area contributed by atoms with Crippen LogP contribution in [0.15, 0.2) is 0 Å². The van der Waals surface area contributed by atoms with Gasteiger partial charge in [-0.1, -0.05) is 0 Å². The summed E-state index contributed by atoms with van der Waals surface area (Å²) in [5, 5.41) is 16.2. The molecule has 0 radical (unpaired) electrons. The van der Waals surface area contributed by atoms with Gasteiger partial charge < -0.3 is 20.6 Å². The number of anilines is 3. The largest absolute Gasteiger partial charge is 0.391 e. The summed E-state index contributed by atoms with van der Waals surface area (Å²) in [4.78, 5) is 15.5. The van der Waals surface area contributed by atoms with Crippen LogP contribution < -0.4 is 15.5 Å². The molecule has 2 aliphatic rings. The van der Waals surface area contributed by atoms with Gasteiger partial charge in [-0.3, -0.25) is 0 Å². The lowest BCUT2D eigenvalue weighted by molar-refractivity contribution is 0.164. The molecule has 2 fully saturated rings. The maximum absolute atomic E-state index is 9.94. The molecule has 0 bridgehead atoms. The molecule has 0 amide bonds. The zero-order valence-electron chi connectivity index (χ0n) is 12.5. The van der Waals surface area contributed by atoms with E-state index in [0.717, 1.165) is 38.4 Å². The SMILES string of the molecule is CCNc1nc(NCC(O)C2CC2)nc(N2CCCC2)n1. The Balaban J connectivity index is 1.70. The Labute approximate surface area is 125 Å². The molecule has 1 unspecified atom stereocenters. The highest BCUT2D eigenvalue weighted by molar-refractivity contribution is 5.44. The fourth-order valence-electron chi connectivity index (χ4n) is 2.58. The van der Waals surface area contributed by atoms with Crippen molar-refractivity contribution in [3.05, 3.63) is 0 Å². The molecule has 1 aliphatic carbocycles. The minimum absolute atomic E-state index is 0.306. The monoisotopic (exact) mass is 292 g/mol. The number of aliphatic hydroxyl groups is 1. The Hall–Kier alpha value is -1.63. The number of rotatable bonds is 7. The predicted molar refractivity (Wildman–Crippen MR) is 82.7 cm³/mol. The summed E-state index contributed by atoms with van der Waals surface area (Å²) >= 11 is 0. The lowest BCUT2D eigenvalue weighted by Gasteiger charge is -2.17. The van der Waals surface area contributed by atoms with E-state index in [1.165, 1.54) is 12.8 Å². The van der Waals surface area contributed by atoms with E-state index in [2.05, 4.69) is 30.5 Å². The van der Waals surface area contributed by atoms with Crippen molar-refractivity contribution < 1.29 is 5.11 Å². The fraction of sp³-hybridized carbons (Fsp3) is 0.786. The third-order valence-corrected chi connectivity index (χ3v) is 3.98. The van der Waals surface area contributed by atoms with E-state index in [-0.39, 0.29) is 6.10 Å². The topological polar surface area (TPSA) is 86.2 Å². The van der Waals surface area contributed by atoms with Crippen LogP contribution in [0.5, 0.6) is 0 Å². The van der Waals surface area contributed by atoms with Crippen LogP contribution in [0.1, 0.15) is 32.6 Å². The van der Waals surface area contributed by atoms with Gasteiger partial charge in [0.25, 0.3) is 0 Å². The molecule has 1 aromatic heterocycles. The molecule has 21 heavy (non-hydrogen) atoms. The van der Waals surface area contributed by atoms with E-state index in [1.54, 1.807) is 0 Å². The van der Waals surface area contributed by atoms with E-state index in [4.69, 9.17) is 0 Å². The highest BCUT2D eigenvalue weighted by atomic mass is 16.3. The highest BCUT2D eigenvalue weighted by Crippen LogP contribution is 2.32. The quantitative estimate of drug-likeness (QED) is 0.693. The molecule has 0 aromatic carbocycles. The molecule has 1 aromatic rings. The van der Waals surface area contributed by atoms with Crippen molar-refractivity contribution in [3.63, 3.8) is 0 Å². The van der Waals surface area contributed by atoms with Gasteiger partial charge in [0.2, 0.25) is 17.8 Å². The van der Waals surface area contributed by atoms with E-state index in [0.29, 0.717) is 24.4 Å². The van der Waals surface area contributed by atoms with Crippen LogP contribution in [0, 0.1) is 5.92 Å². The Morgan fingerprint density at radius 1 is 1.14 bits per heavy atom. The number of aromatic nitrogens is 3. The van der Waals surface area contributed by atoms with E-state index < -0.39 is 0 Å². The van der Waals surface area contributed by atoms with Gasteiger partial charge in [0.05, 0.1) is 6.10 Å². The van der Waals surface area contributed by atoms with Gasteiger partial charge in [-0.2, -0.15) is 15.0 Å². The van der Waals surface area contributed by atoms with Crippen LogP contribution in [-0.2, 0) is 0 Å². The summed E-state index contributed by atoms with van der Waals surface area (Å²) in [5.41, 5.74) is 0. The molecule has 1 aliphatic heterocycles. The first-order chi connectivity index (χ1) is 10.3. The van der Waals surface area contributed by atoms with Gasteiger partial charge in [0.1, 0.15) is 0 Å². The van der Waals surface area contributed by atoms with Gasteiger partial charge in [-0.15, -0.1) is 0 Å². The molecule has 3 N–H and O–H groups in total. The molecule has 116 valence electrons. The van der Waals surface area contributed by atoms with Gasteiger partial charge in [-0.05, 0) is 38.5 Å². The zero-order valence-corrected chi connectivity index (χ0v) is 12.5. The zero-order chi connectivity index (χ0) is 14.7. The molecular weight excluding hydrogens is 268 g/mol. The molecule has 1 atom stereocenters. The second kappa shape index (κ2) is 6.43.